The number of hydrogen-bond acceptors (Lipinski definition) is 5. The number of benzene rings is 2. The summed E-state index contributed by atoms with van der Waals surface area (Å²) in [7, 11) is 0. The predicted molar refractivity (Wildman–Crippen MR) is 103 cm³/mol. The molecule has 1 aliphatic heterocycles. The molecule has 1 saturated heterocycles. The van der Waals surface area contributed by atoms with Crippen LogP contribution in [0.25, 0.3) is 17.1 Å². The van der Waals surface area contributed by atoms with Crippen LogP contribution in [0.2, 0.25) is 0 Å². The quantitative estimate of drug-likeness (QED) is 0.751. The van der Waals surface area contributed by atoms with Gasteiger partial charge in [0.2, 0.25) is 5.91 Å². The molecule has 0 aliphatic carbocycles. The van der Waals surface area contributed by atoms with Crippen molar-refractivity contribution in [1.29, 1.82) is 0 Å². The van der Waals surface area contributed by atoms with Crippen LogP contribution in [-0.2, 0) is 4.79 Å². The van der Waals surface area contributed by atoms with Gasteiger partial charge in [-0.2, -0.15) is 4.68 Å². The second-order valence-corrected chi connectivity index (χ2v) is 6.73. The van der Waals surface area contributed by atoms with Gasteiger partial charge in [0.05, 0.1) is 5.69 Å². The van der Waals surface area contributed by atoms with E-state index in [2.05, 4.69) is 20.8 Å². The van der Waals surface area contributed by atoms with E-state index in [1.807, 2.05) is 49.4 Å². The van der Waals surface area contributed by atoms with Gasteiger partial charge >= 0.3 is 0 Å². The molecule has 2 aromatic carbocycles. The molecule has 142 valence electrons. The zero-order valence-electron chi connectivity index (χ0n) is 15.4. The highest BCUT2D eigenvalue weighted by molar-refractivity contribution is 5.96. The Morgan fingerprint density at radius 1 is 1.14 bits per heavy atom. The Hall–Kier alpha value is -3.55. The number of aromatic nitrogens is 4. The number of amides is 2. The molecular weight excluding hydrogens is 356 g/mol. The molecule has 8 nitrogen and oxygen atoms in total. The number of para-hydroxylation sites is 1. The van der Waals surface area contributed by atoms with Crippen molar-refractivity contribution in [3.63, 3.8) is 0 Å². The lowest BCUT2D eigenvalue weighted by atomic mass is 10.1. The van der Waals surface area contributed by atoms with E-state index in [9.17, 15) is 9.59 Å². The number of carbonyl (C=O) groups is 2. The summed E-state index contributed by atoms with van der Waals surface area (Å²) in [4.78, 5) is 26.4. The Morgan fingerprint density at radius 2 is 1.96 bits per heavy atom. The zero-order valence-corrected chi connectivity index (χ0v) is 15.4. The van der Waals surface area contributed by atoms with E-state index in [-0.39, 0.29) is 17.9 Å². The number of tetrazole rings is 1. The highest BCUT2D eigenvalue weighted by Gasteiger charge is 2.25. The Bertz CT molecular complexity index is 1000. The molecule has 1 atom stereocenters. The molecule has 3 aromatic rings. The summed E-state index contributed by atoms with van der Waals surface area (Å²) in [6.45, 7) is 2.79. The highest BCUT2D eigenvalue weighted by atomic mass is 16.2. The molecular formula is C20H20N6O2. The van der Waals surface area contributed by atoms with Crippen molar-refractivity contribution >= 4 is 11.8 Å². The normalized spacial score (nSPS) is 17.1. The monoisotopic (exact) mass is 376 g/mol. The second kappa shape index (κ2) is 7.59. The Balaban J connectivity index is 1.65. The van der Waals surface area contributed by atoms with Crippen LogP contribution in [0.3, 0.4) is 0 Å². The largest absolute Gasteiger partial charge is 0.354 e. The second-order valence-electron chi connectivity index (χ2n) is 6.73. The molecule has 28 heavy (non-hydrogen) atoms. The maximum atomic E-state index is 13.1. The van der Waals surface area contributed by atoms with Gasteiger partial charge < -0.3 is 10.2 Å². The lowest BCUT2D eigenvalue weighted by Gasteiger charge is -2.26. The van der Waals surface area contributed by atoms with E-state index in [0.717, 1.165) is 11.3 Å². The molecule has 0 spiro atoms. The molecule has 2 heterocycles. The van der Waals surface area contributed by atoms with Crippen LogP contribution in [0.15, 0.2) is 54.6 Å². The summed E-state index contributed by atoms with van der Waals surface area (Å²) in [6.07, 6.45) is 0.308. The molecule has 0 saturated carbocycles. The molecule has 8 heteroatoms. The fraction of sp³-hybridized carbons (Fsp3) is 0.250. The van der Waals surface area contributed by atoms with Gasteiger partial charge in [-0.1, -0.05) is 30.3 Å². The van der Waals surface area contributed by atoms with Crippen molar-refractivity contribution in [3.8, 4) is 17.1 Å². The smallest absolute Gasteiger partial charge is 0.254 e. The van der Waals surface area contributed by atoms with Gasteiger partial charge in [0.1, 0.15) is 0 Å². The lowest BCUT2D eigenvalue weighted by molar-refractivity contribution is -0.120. The maximum Gasteiger partial charge on any atom is 0.254 e. The van der Waals surface area contributed by atoms with E-state index in [4.69, 9.17) is 0 Å². The molecule has 1 N–H and O–H groups in total. The van der Waals surface area contributed by atoms with E-state index < -0.39 is 0 Å². The van der Waals surface area contributed by atoms with Crippen LogP contribution >= 0.6 is 0 Å². The lowest BCUT2D eigenvalue weighted by Crippen LogP contribution is -2.41. The van der Waals surface area contributed by atoms with Crippen molar-refractivity contribution in [2.75, 3.05) is 13.1 Å². The molecule has 0 radical (unpaired) electrons. The number of nitrogens with zero attached hydrogens (tertiary/aromatic N) is 5. The molecule has 1 aliphatic rings. The van der Waals surface area contributed by atoms with Crippen LogP contribution in [0.5, 0.6) is 0 Å². The number of hydrogen-bond donors (Lipinski definition) is 1. The molecule has 1 aromatic heterocycles. The molecule has 1 unspecified atom stereocenters. The first kappa shape index (κ1) is 17.8. The van der Waals surface area contributed by atoms with Gasteiger partial charge in [0, 0.05) is 36.7 Å². The van der Waals surface area contributed by atoms with Gasteiger partial charge in [0.25, 0.3) is 5.91 Å². The number of nitrogens with one attached hydrogen (secondary N) is 1. The molecule has 0 bridgehead atoms. The number of rotatable bonds is 3. The summed E-state index contributed by atoms with van der Waals surface area (Å²) in [5.41, 5.74) is 2.13. The summed E-state index contributed by atoms with van der Waals surface area (Å²) < 4.78 is 1.64. The average Bonchev–Trinajstić information content (AvgIpc) is 3.16. The maximum absolute atomic E-state index is 13.1. The molecule has 4 rings (SSSR count). The standard InChI is InChI=1S/C20H20N6O2/c1-14-13-21-18(27)10-11-25(14)20(28)16-7-5-6-15(12-16)19-22-23-24-26(19)17-8-3-2-4-9-17/h2-9,12,14H,10-11,13H2,1H3,(H,21,27). The minimum atomic E-state index is -0.107. The first-order chi connectivity index (χ1) is 13.6. The summed E-state index contributed by atoms with van der Waals surface area (Å²) in [5, 5.41) is 14.8. The van der Waals surface area contributed by atoms with E-state index in [1.54, 1.807) is 21.7 Å². The summed E-state index contributed by atoms with van der Waals surface area (Å²) in [5.74, 6) is 0.420. The first-order valence-corrected chi connectivity index (χ1v) is 9.15. The third kappa shape index (κ3) is 3.48. The van der Waals surface area contributed by atoms with Crippen LogP contribution in [0.1, 0.15) is 23.7 Å². The SMILES string of the molecule is CC1CNC(=O)CCN1C(=O)c1cccc(-c2nnnn2-c2ccccc2)c1. The minimum Gasteiger partial charge on any atom is -0.354 e. The van der Waals surface area contributed by atoms with Crippen molar-refractivity contribution in [2.45, 2.75) is 19.4 Å². The predicted octanol–water partition coefficient (Wildman–Crippen LogP) is 1.68. The van der Waals surface area contributed by atoms with Crippen LogP contribution in [-0.4, -0.2) is 56.1 Å². The Morgan fingerprint density at radius 3 is 2.79 bits per heavy atom. The van der Waals surface area contributed by atoms with Crippen molar-refractivity contribution < 1.29 is 9.59 Å². The highest BCUT2D eigenvalue weighted by Crippen LogP contribution is 2.22. The topological polar surface area (TPSA) is 93.0 Å². The van der Waals surface area contributed by atoms with Crippen molar-refractivity contribution in [1.82, 2.24) is 30.4 Å². The fourth-order valence-electron chi connectivity index (χ4n) is 3.27. The third-order valence-electron chi connectivity index (χ3n) is 4.81. The minimum absolute atomic E-state index is 0.0297. The fourth-order valence-corrected chi connectivity index (χ4v) is 3.27. The van der Waals surface area contributed by atoms with Crippen molar-refractivity contribution in [2.24, 2.45) is 0 Å². The van der Waals surface area contributed by atoms with Crippen LogP contribution < -0.4 is 5.32 Å². The van der Waals surface area contributed by atoms with Crippen LogP contribution in [0.4, 0.5) is 0 Å². The van der Waals surface area contributed by atoms with Crippen molar-refractivity contribution in [3.05, 3.63) is 60.2 Å². The van der Waals surface area contributed by atoms with Gasteiger partial charge in [-0.25, -0.2) is 0 Å². The number of carbonyl (C=O) groups excluding carboxylic acids is 2. The summed E-state index contributed by atoms with van der Waals surface area (Å²) >= 11 is 0. The Kier molecular flexibility index (Phi) is 4.84. The van der Waals surface area contributed by atoms with E-state index in [1.165, 1.54) is 0 Å². The van der Waals surface area contributed by atoms with Gasteiger partial charge in [-0.3, -0.25) is 9.59 Å². The average molecular weight is 376 g/mol. The zero-order chi connectivity index (χ0) is 19.5. The first-order valence-electron chi connectivity index (χ1n) is 9.15. The van der Waals surface area contributed by atoms with E-state index in [0.29, 0.717) is 30.9 Å². The third-order valence-corrected chi connectivity index (χ3v) is 4.81. The van der Waals surface area contributed by atoms with Gasteiger partial charge in [0.15, 0.2) is 5.82 Å². The molecule has 1 fully saturated rings. The summed E-state index contributed by atoms with van der Waals surface area (Å²) in [6, 6.07) is 16.8. The van der Waals surface area contributed by atoms with Gasteiger partial charge in [-0.05, 0) is 41.6 Å². The van der Waals surface area contributed by atoms with E-state index >= 15 is 0 Å². The Labute approximate surface area is 162 Å². The molecule has 2 amide bonds. The van der Waals surface area contributed by atoms with Gasteiger partial charge in [-0.15, -0.1) is 5.10 Å². The van der Waals surface area contributed by atoms with Crippen LogP contribution in [0, 0.1) is 0 Å².